The van der Waals surface area contributed by atoms with E-state index < -0.39 is 17.6 Å². The minimum Gasteiger partial charge on any atom is -0.398 e. The van der Waals surface area contributed by atoms with Crippen LogP contribution in [-0.2, 0) is 22.4 Å². The number of benzene rings is 2. The van der Waals surface area contributed by atoms with E-state index in [0.717, 1.165) is 12.1 Å². The maximum absolute atomic E-state index is 12.8. The fraction of sp³-hybridized carbons (Fsp3) is 0.176. The van der Waals surface area contributed by atoms with Crippen molar-refractivity contribution in [2.75, 3.05) is 12.0 Å². The molecule has 0 bridgehead atoms. The van der Waals surface area contributed by atoms with E-state index in [4.69, 9.17) is 4.84 Å². The molecule has 1 aliphatic rings. The number of carbonyl (C=O) groups excluding carboxylic acids is 1. The van der Waals surface area contributed by atoms with E-state index in [0.29, 0.717) is 16.8 Å². The lowest BCUT2D eigenvalue weighted by molar-refractivity contribution is -0.137. The molecular formula is C17H13F3N2O2. The third kappa shape index (κ3) is 2.84. The molecule has 2 aromatic rings. The summed E-state index contributed by atoms with van der Waals surface area (Å²) < 4.78 is 38.5. The molecule has 0 unspecified atom stereocenters. The van der Waals surface area contributed by atoms with Crippen molar-refractivity contribution in [2.45, 2.75) is 12.7 Å². The number of rotatable bonds is 3. The highest BCUT2D eigenvalue weighted by atomic mass is 19.4. The standard InChI is InChI=1S/C17H13F3N2O2/c1-24-21-15-13-7-2-3-8-14(13)22(16(15)23)10-11-5-4-6-12(9-11)17(18,19)20/h2-9H,10H2,1H3. The number of anilines is 1. The molecule has 0 saturated carbocycles. The highest BCUT2D eigenvalue weighted by molar-refractivity contribution is 6.54. The van der Waals surface area contributed by atoms with Gasteiger partial charge in [-0.25, -0.2) is 0 Å². The highest BCUT2D eigenvalue weighted by Gasteiger charge is 2.35. The number of fused-ring (bicyclic) bond motifs is 1. The van der Waals surface area contributed by atoms with Crippen LogP contribution in [-0.4, -0.2) is 18.7 Å². The topological polar surface area (TPSA) is 41.9 Å². The SMILES string of the molecule is CON=C1C(=O)N(Cc2cccc(C(F)(F)F)c2)c2ccccc21. The zero-order chi connectivity index (χ0) is 17.3. The van der Waals surface area contributed by atoms with Crippen LogP contribution in [0.2, 0.25) is 0 Å². The maximum atomic E-state index is 12.8. The van der Waals surface area contributed by atoms with Gasteiger partial charge in [0.25, 0.3) is 5.91 Å². The Bertz CT molecular complexity index is 815. The first-order valence-electron chi connectivity index (χ1n) is 7.10. The fourth-order valence-electron chi connectivity index (χ4n) is 2.63. The molecule has 0 saturated heterocycles. The zero-order valence-corrected chi connectivity index (χ0v) is 12.7. The molecule has 1 heterocycles. The highest BCUT2D eigenvalue weighted by Crippen LogP contribution is 2.33. The number of oxime groups is 1. The number of nitrogens with zero attached hydrogens (tertiary/aromatic N) is 2. The number of amides is 1. The molecule has 0 spiro atoms. The molecule has 1 amide bonds. The van der Waals surface area contributed by atoms with E-state index >= 15 is 0 Å². The quantitative estimate of drug-likeness (QED) is 0.805. The van der Waals surface area contributed by atoms with E-state index in [1.54, 1.807) is 30.3 Å². The molecule has 0 aromatic heterocycles. The van der Waals surface area contributed by atoms with Gasteiger partial charge in [-0.1, -0.05) is 35.5 Å². The smallest absolute Gasteiger partial charge is 0.398 e. The zero-order valence-electron chi connectivity index (χ0n) is 12.7. The van der Waals surface area contributed by atoms with E-state index in [1.807, 2.05) is 0 Å². The largest absolute Gasteiger partial charge is 0.416 e. The van der Waals surface area contributed by atoms with Gasteiger partial charge in [0.05, 0.1) is 17.8 Å². The first-order chi connectivity index (χ1) is 11.4. The molecule has 3 rings (SSSR count). The van der Waals surface area contributed by atoms with Crippen LogP contribution in [0.3, 0.4) is 0 Å². The van der Waals surface area contributed by atoms with Gasteiger partial charge in [0, 0.05) is 5.56 Å². The summed E-state index contributed by atoms with van der Waals surface area (Å²) >= 11 is 0. The van der Waals surface area contributed by atoms with Crippen LogP contribution >= 0.6 is 0 Å². The second kappa shape index (κ2) is 5.99. The van der Waals surface area contributed by atoms with Crippen molar-refractivity contribution in [3.8, 4) is 0 Å². The summed E-state index contributed by atoms with van der Waals surface area (Å²) in [6, 6.07) is 11.9. The van der Waals surface area contributed by atoms with Gasteiger partial charge in [-0.3, -0.25) is 4.79 Å². The Kier molecular flexibility index (Phi) is 4.01. The third-order valence-electron chi connectivity index (χ3n) is 3.68. The Balaban J connectivity index is 1.97. The average molecular weight is 334 g/mol. The predicted octanol–water partition coefficient (Wildman–Crippen LogP) is 3.60. The molecular weight excluding hydrogens is 321 g/mol. The molecule has 124 valence electrons. The van der Waals surface area contributed by atoms with Gasteiger partial charge in [0.15, 0.2) is 5.71 Å². The molecule has 0 radical (unpaired) electrons. The number of alkyl halides is 3. The summed E-state index contributed by atoms with van der Waals surface area (Å²) in [5.41, 5.74) is 0.962. The summed E-state index contributed by atoms with van der Waals surface area (Å²) in [7, 11) is 1.33. The monoisotopic (exact) mass is 334 g/mol. The fourth-order valence-corrected chi connectivity index (χ4v) is 2.63. The van der Waals surface area contributed by atoms with Gasteiger partial charge >= 0.3 is 6.18 Å². The van der Waals surface area contributed by atoms with Gasteiger partial charge in [-0.2, -0.15) is 13.2 Å². The molecule has 1 aliphatic heterocycles. The van der Waals surface area contributed by atoms with Crippen LogP contribution in [0.15, 0.2) is 53.7 Å². The molecule has 4 nitrogen and oxygen atoms in total. The molecule has 0 aliphatic carbocycles. The number of halogens is 3. The van der Waals surface area contributed by atoms with Crippen molar-refractivity contribution < 1.29 is 22.8 Å². The van der Waals surface area contributed by atoms with E-state index in [9.17, 15) is 18.0 Å². The van der Waals surface area contributed by atoms with Crippen LogP contribution in [0.5, 0.6) is 0 Å². The van der Waals surface area contributed by atoms with Crippen molar-refractivity contribution >= 4 is 17.3 Å². The van der Waals surface area contributed by atoms with Crippen molar-refractivity contribution in [1.82, 2.24) is 0 Å². The Labute approximate surface area is 136 Å². The van der Waals surface area contributed by atoms with E-state index in [-0.39, 0.29) is 12.3 Å². The average Bonchev–Trinajstić information content (AvgIpc) is 2.81. The summed E-state index contributed by atoms with van der Waals surface area (Å²) in [5.74, 6) is -0.407. The summed E-state index contributed by atoms with van der Waals surface area (Å²) in [6.45, 7) is 0.0164. The van der Waals surface area contributed by atoms with Gasteiger partial charge in [-0.05, 0) is 23.8 Å². The van der Waals surface area contributed by atoms with Crippen LogP contribution in [0, 0.1) is 0 Å². The van der Waals surface area contributed by atoms with Crippen molar-refractivity contribution in [2.24, 2.45) is 5.16 Å². The van der Waals surface area contributed by atoms with Crippen LogP contribution in [0.1, 0.15) is 16.7 Å². The van der Waals surface area contributed by atoms with Crippen LogP contribution in [0.4, 0.5) is 18.9 Å². The molecule has 24 heavy (non-hydrogen) atoms. The second-order valence-electron chi connectivity index (χ2n) is 5.23. The molecule has 7 heteroatoms. The number of hydrogen-bond donors (Lipinski definition) is 0. The molecule has 2 aromatic carbocycles. The summed E-state index contributed by atoms with van der Waals surface area (Å²) in [6.07, 6.45) is -4.42. The van der Waals surface area contributed by atoms with Gasteiger partial charge < -0.3 is 9.74 Å². The van der Waals surface area contributed by atoms with E-state index in [2.05, 4.69) is 5.16 Å². The molecule has 0 N–H and O–H groups in total. The van der Waals surface area contributed by atoms with Gasteiger partial charge in [0.1, 0.15) is 7.11 Å². The molecule has 0 atom stereocenters. The van der Waals surface area contributed by atoms with E-state index in [1.165, 1.54) is 18.1 Å². The van der Waals surface area contributed by atoms with Crippen molar-refractivity contribution in [3.63, 3.8) is 0 Å². The lowest BCUT2D eigenvalue weighted by Crippen LogP contribution is -2.29. The first-order valence-corrected chi connectivity index (χ1v) is 7.10. The Hall–Kier alpha value is -2.83. The Morgan fingerprint density at radius 1 is 1.12 bits per heavy atom. The normalized spacial score (nSPS) is 15.8. The lowest BCUT2D eigenvalue weighted by Gasteiger charge is -2.17. The first kappa shape index (κ1) is 16.0. The third-order valence-corrected chi connectivity index (χ3v) is 3.68. The van der Waals surface area contributed by atoms with Crippen molar-refractivity contribution in [1.29, 1.82) is 0 Å². The number of hydrogen-bond acceptors (Lipinski definition) is 3. The van der Waals surface area contributed by atoms with Crippen molar-refractivity contribution in [3.05, 3.63) is 65.2 Å². The maximum Gasteiger partial charge on any atom is 0.416 e. The number of carbonyl (C=O) groups is 1. The Morgan fingerprint density at radius 3 is 2.58 bits per heavy atom. The van der Waals surface area contributed by atoms with Crippen LogP contribution in [0.25, 0.3) is 0 Å². The lowest BCUT2D eigenvalue weighted by atomic mass is 10.1. The summed E-state index contributed by atoms with van der Waals surface area (Å²) in [5, 5.41) is 3.74. The number of para-hydroxylation sites is 1. The minimum atomic E-state index is -4.42. The Morgan fingerprint density at radius 2 is 1.88 bits per heavy atom. The van der Waals surface area contributed by atoms with Crippen LogP contribution < -0.4 is 4.90 Å². The summed E-state index contributed by atoms with van der Waals surface area (Å²) in [4.78, 5) is 18.6. The minimum absolute atomic E-state index is 0.0164. The predicted molar refractivity (Wildman–Crippen MR) is 82.6 cm³/mol. The molecule has 0 fully saturated rings. The second-order valence-corrected chi connectivity index (χ2v) is 5.23. The van der Waals surface area contributed by atoms with Gasteiger partial charge in [-0.15, -0.1) is 0 Å². The van der Waals surface area contributed by atoms with Gasteiger partial charge in [0.2, 0.25) is 0 Å².